The van der Waals surface area contributed by atoms with E-state index in [9.17, 15) is 0 Å². The van der Waals surface area contributed by atoms with E-state index in [0.717, 1.165) is 42.9 Å². The summed E-state index contributed by atoms with van der Waals surface area (Å²) < 4.78 is 3.13. The van der Waals surface area contributed by atoms with Crippen molar-refractivity contribution in [1.82, 2.24) is 15.1 Å². The van der Waals surface area contributed by atoms with E-state index in [4.69, 9.17) is 0 Å². The van der Waals surface area contributed by atoms with Crippen molar-refractivity contribution in [2.45, 2.75) is 33.2 Å². The monoisotopic (exact) mass is 349 g/mol. The second kappa shape index (κ2) is 8.35. The quantitative estimate of drug-likeness (QED) is 0.733. The van der Waals surface area contributed by atoms with Gasteiger partial charge in [-0.05, 0) is 55.1 Å². The normalized spacial score (nSPS) is 11.2. The molecule has 1 N–H and O–H groups in total. The van der Waals surface area contributed by atoms with Crippen LogP contribution >= 0.6 is 15.9 Å². The molecule has 0 bridgehead atoms. The fourth-order valence-electron chi connectivity index (χ4n) is 2.25. The first-order chi connectivity index (χ1) is 10.1. The molecule has 0 fully saturated rings. The maximum absolute atomic E-state index is 4.45. The van der Waals surface area contributed by atoms with Gasteiger partial charge in [0, 0.05) is 10.7 Å². The van der Waals surface area contributed by atoms with Crippen molar-refractivity contribution >= 4 is 15.9 Å². The van der Waals surface area contributed by atoms with E-state index in [1.165, 1.54) is 11.1 Å². The van der Waals surface area contributed by atoms with Crippen molar-refractivity contribution < 1.29 is 0 Å². The molecule has 4 heteroatoms. The van der Waals surface area contributed by atoms with Gasteiger partial charge in [-0.2, -0.15) is 5.10 Å². The lowest BCUT2D eigenvalue weighted by Crippen LogP contribution is -2.20. The Kier molecular flexibility index (Phi) is 6.46. The third-order valence-corrected chi connectivity index (χ3v) is 3.79. The number of hydrogen-bond donors (Lipinski definition) is 1. The Morgan fingerprint density at radius 1 is 1.29 bits per heavy atom. The van der Waals surface area contributed by atoms with Gasteiger partial charge in [-0.1, -0.05) is 41.9 Å². The first-order valence-corrected chi connectivity index (χ1v) is 8.39. The van der Waals surface area contributed by atoms with Crippen LogP contribution in [0.2, 0.25) is 0 Å². The number of aromatic nitrogens is 2. The Balaban J connectivity index is 1.76. The molecule has 0 saturated carbocycles. The van der Waals surface area contributed by atoms with Crippen LogP contribution in [0.25, 0.3) is 0 Å². The maximum atomic E-state index is 4.45. The molecule has 0 aliphatic heterocycles. The Hall–Kier alpha value is -1.13. The smallest absolute Gasteiger partial charge is 0.0659 e. The first-order valence-electron chi connectivity index (χ1n) is 7.60. The molecule has 114 valence electrons. The predicted molar refractivity (Wildman–Crippen MR) is 91.5 cm³/mol. The van der Waals surface area contributed by atoms with Crippen molar-refractivity contribution in [2.24, 2.45) is 5.92 Å². The highest BCUT2D eigenvalue weighted by atomic mass is 79.9. The van der Waals surface area contributed by atoms with Crippen LogP contribution in [-0.4, -0.2) is 22.9 Å². The van der Waals surface area contributed by atoms with Gasteiger partial charge in [0.05, 0.1) is 12.7 Å². The summed E-state index contributed by atoms with van der Waals surface area (Å²) in [6.45, 7) is 7.47. The molecule has 0 spiro atoms. The van der Waals surface area contributed by atoms with Crippen LogP contribution in [0.5, 0.6) is 0 Å². The molecule has 0 aliphatic carbocycles. The summed E-state index contributed by atoms with van der Waals surface area (Å²) in [5, 5.41) is 7.92. The van der Waals surface area contributed by atoms with Crippen LogP contribution < -0.4 is 5.32 Å². The maximum Gasteiger partial charge on any atom is 0.0659 e. The molecular weight excluding hydrogens is 326 g/mol. The summed E-state index contributed by atoms with van der Waals surface area (Å²) in [7, 11) is 0. The van der Waals surface area contributed by atoms with Crippen LogP contribution in [0.4, 0.5) is 0 Å². The van der Waals surface area contributed by atoms with Crippen LogP contribution in [0.3, 0.4) is 0 Å². The zero-order valence-corrected chi connectivity index (χ0v) is 14.4. The highest BCUT2D eigenvalue weighted by molar-refractivity contribution is 9.10. The van der Waals surface area contributed by atoms with E-state index >= 15 is 0 Å². The molecule has 2 aromatic rings. The summed E-state index contributed by atoms with van der Waals surface area (Å²) in [4.78, 5) is 0. The number of hydrogen-bond acceptors (Lipinski definition) is 2. The first kappa shape index (κ1) is 16.2. The second-order valence-corrected chi connectivity index (χ2v) is 6.79. The average Bonchev–Trinajstić information content (AvgIpc) is 2.85. The fraction of sp³-hybridized carbons (Fsp3) is 0.471. The van der Waals surface area contributed by atoms with Crippen LogP contribution in [-0.2, 0) is 13.0 Å². The lowest BCUT2D eigenvalue weighted by molar-refractivity contribution is 0.543. The minimum atomic E-state index is 0.720. The van der Waals surface area contributed by atoms with Gasteiger partial charge in [-0.15, -0.1) is 0 Å². The zero-order valence-electron chi connectivity index (χ0n) is 12.8. The number of aryl methyl sites for hydroxylation is 1. The molecule has 0 atom stereocenters. The molecule has 0 saturated heterocycles. The lowest BCUT2D eigenvalue weighted by Gasteiger charge is -2.06. The number of nitrogens with zero attached hydrogens (tertiary/aromatic N) is 2. The van der Waals surface area contributed by atoms with Gasteiger partial charge in [0.25, 0.3) is 0 Å². The largest absolute Gasteiger partial charge is 0.316 e. The van der Waals surface area contributed by atoms with E-state index in [-0.39, 0.29) is 0 Å². The fourth-order valence-corrected chi connectivity index (χ4v) is 2.70. The van der Waals surface area contributed by atoms with Crippen molar-refractivity contribution in [3.8, 4) is 0 Å². The topological polar surface area (TPSA) is 29.9 Å². The third-order valence-electron chi connectivity index (χ3n) is 3.29. The SMILES string of the molecule is CC(C)CNCCCc1cnn(Cc2cccc(Br)c2)c1. The van der Waals surface area contributed by atoms with E-state index < -0.39 is 0 Å². The molecule has 3 nitrogen and oxygen atoms in total. The standard InChI is InChI=1S/C17H24BrN3/c1-14(2)10-19-8-4-6-16-11-20-21(13-16)12-15-5-3-7-17(18)9-15/h3,5,7,9,11,13-14,19H,4,6,8,10,12H2,1-2H3. The average molecular weight is 350 g/mol. The number of halogens is 1. The van der Waals surface area contributed by atoms with E-state index in [1.54, 1.807) is 0 Å². The van der Waals surface area contributed by atoms with Crippen LogP contribution in [0.15, 0.2) is 41.1 Å². The van der Waals surface area contributed by atoms with Gasteiger partial charge in [-0.3, -0.25) is 4.68 Å². The highest BCUT2D eigenvalue weighted by Crippen LogP contribution is 2.13. The van der Waals surface area contributed by atoms with Gasteiger partial charge in [-0.25, -0.2) is 0 Å². The van der Waals surface area contributed by atoms with Crippen LogP contribution in [0.1, 0.15) is 31.4 Å². The molecule has 1 aromatic heterocycles. The van der Waals surface area contributed by atoms with E-state index in [2.05, 4.69) is 64.6 Å². The van der Waals surface area contributed by atoms with Crippen molar-refractivity contribution in [2.75, 3.05) is 13.1 Å². The number of rotatable bonds is 8. The Morgan fingerprint density at radius 3 is 2.90 bits per heavy atom. The molecule has 0 amide bonds. The minimum Gasteiger partial charge on any atom is -0.316 e. The number of benzene rings is 1. The summed E-state index contributed by atoms with van der Waals surface area (Å²) in [6.07, 6.45) is 6.39. The molecule has 21 heavy (non-hydrogen) atoms. The van der Waals surface area contributed by atoms with Crippen molar-refractivity contribution in [1.29, 1.82) is 0 Å². The summed E-state index contributed by atoms with van der Waals surface area (Å²) in [5.74, 6) is 0.720. The van der Waals surface area contributed by atoms with Gasteiger partial charge in [0.1, 0.15) is 0 Å². The molecule has 0 unspecified atom stereocenters. The summed E-state index contributed by atoms with van der Waals surface area (Å²) >= 11 is 3.50. The summed E-state index contributed by atoms with van der Waals surface area (Å²) in [6, 6.07) is 8.37. The van der Waals surface area contributed by atoms with Gasteiger partial charge in [0.15, 0.2) is 0 Å². The highest BCUT2D eigenvalue weighted by Gasteiger charge is 2.01. The molecule has 1 heterocycles. The van der Waals surface area contributed by atoms with Crippen molar-refractivity contribution in [3.05, 3.63) is 52.3 Å². The third kappa shape index (κ3) is 6.02. The summed E-state index contributed by atoms with van der Waals surface area (Å²) in [5.41, 5.74) is 2.58. The number of nitrogens with one attached hydrogen (secondary N) is 1. The molecule has 0 aliphatic rings. The Labute approximate surface area is 135 Å². The van der Waals surface area contributed by atoms with E-state index in [1.807, 2.05) is 16.9 Å². The van der Waals surface area contributed by atoms with Gasteiger partial charge in [0.2, 0.25) is 0 Å². The molecule has 0 radical (unpaired) electrons. The Morgan fingerprint density at radius 2 is 2.14 bits per heavy atom. The van der Waals surface area contributed by atoms with Gasteiger partial charge < -0.3 is 5.32 Å². The molecule has 1 aromatic carbocycles. The van der Waals surface area contributed by atoms with E-state index in [0.29, 0.717) is 0 Å². The minimum absolute atomic E-state index is 0.720. The molecule has 2 rings (SSSR count). The van der Waals surface area contributed by atoms with Gasteiger partial charge >= 0.3 is 0 Å². The Bertz CT molecular complexity index is 548. The lowest BCUT2D eigenvalue weighted by atomic mass is 10.2. The van der Waals surface area contributed by atoms with Crippen molar-refractivity contribution in [3.63, 3.8) is 0 Å². The second-order valence-electron chi connectivity index (χ2n) is 5.88. The predicted octanol–water partition coefficient (Wildman–Crippen LogP) is 3.87. The molecular formula is C17H24BrN3. The van der Waals surface area contributed by atoms with Crippen LogP contribution in [0, 0.1) is 5.92 Å². The zero-order chi connectivity index (χ0) is 15.1.